The highest BCUT2D eigenvalue weighted by Gasteiger charge is 2.01. The second-order valence-corrected chi connectivity index (χ2v) is 5.77. The van der Waals surface area contributed by atoms with Crippen LogP contribution in [0.25, 0.3) is 0 Å². The number of hydrogen-bond donors (Lipinski definition) is 1. The highest BCUT2D eigenvalue weighted by molar-refractivity contribution is 9.13. The third kappa shape index (κ3) is 3.33. The van der Waals surface area contributed by atoms with E-state index in [0.717, 1.165) is 20.2 Å². The summed E-state index contributed by atoms with van der Waals surface area (Å²) < 4.78 is 15.4. The molecule has 1 N–H and O–H groups in total. The van der Waals surface area contributed by atoms with Gasteiger partial charge in [0.25, 0.3) is 0 Å². The van der Waals surface area contributed by atoms with Crippen molar-refractivity contribution in [2.24, 2.45) is 0 Å². The summed E-state index contributed by atoms with van der Waals surface area (Å²) in [5.41, 5.74) is 2.58. The summed E-state index contributed by atoms with van der Waals surface area (Å²) in [6.45, 7) is 2.42. The monoisotopic (exact) mass is 371 g/mol. The van der Waals surface area contributed by atoms with E-state index in [1.807, 2.05) is 24.3 Å². The average molecular weight is 373 g/mol. The molecule has 0 aliphatic rings. The summed E-state index contributed by atoms with van der Waals surface area (Å²) >= 11 is 6.88. The predicted octanol–water partition coefficient (Wildman–Crippen LogP) is 5.27. The first-order valence-electron chi connectivity index (χ1n) is 5.50. The maximum absolute atomic E-state index is 13.4. The van der Waals surface area contributed by atoms with E-state index in [1.54, 1.807) is 13.0 Å². The lowest BCUT2D eigenvalue weighted by Crippen LogP contribution is -2.00. The summed E-state index contributed by atoms with van der Waals surface area (Å²) in [5.74, 6) is -0.183. The van der Waals surface area contributed by atoms with Crippen LogP contribution in [0.3, 0.4) is 0 Å². The van der Waals surface area contributed by atoms with Crippen molar-refractivity contribution in [2.75, 3.05) is 5.32 Å². The van der Waals surface area contributed by atoms with Crippen LogP contribution < -0.4 is 5.32 Å². The van der Waals surface area contributed by atoms with Crippen LogP contribution in [0.5, 0.6) is 0 Å². The fourth-order valence-corrected chi connectivity index (χ4v) is 2.23. The van der Waals surface area contributed by atoms with Gasteiger partial charge < -0.3 is 5.32 Å². The highest BCUT2D eigenvalue weighted by atomic mass is 79.9. The van der Waals surface area contributed by atoms with E-state index in [9.17, 15) is 4.39 Å². The van der Waals surface area contributed by atoms with Gasteiger partial charge in [-0.05, 0) is 74.2 Å². The Morgan fingerprint density at radius 3 is 2.50 bits per heavy atom. The summed E-state index contributed by atoms with van der Waals surface area (Å²) in [6, 6.07) is 11.2. The molecule has 0 aliphatic heterocycles. The Morgan fingerprint density at radius 1 is 1.06 bits per heavy atom. The topological polar surface area (TPSA) is 12.0 Å². The lowest BCUT2D eigenvalue weighted by Gasteiger charge is -2.08. The van der Waals surface area contributed by atoms with Gasteiger partial charge in [-0.1, -0.05) is 12.1 Å². The van der Waals surface area contributed by atoms with E-state index >= 15 is 0 Å². The number of benzene rings is 2. The normalized spacial score (nSPS) is 10.4. The van der Waals surface area contributed by atoms with Gasteiger partial charge in [0.05, 0.1) is 0 Å². The first kappa shape index (κ1) is 13.6. The molecule has 0 radical (unpaired) electrons. The molecule has 94 valence electrons. The van der Waals surface area contributed by atoms with Crippen LogP contribution in [-0.2, 0) is 6.54 Å². The molecular formula is C14H12Br2FN. The maximum atomic E-state index is 13.4. The van der Waals surface area contributed by atoms with Crippen molar-refractivity contribution in [3.63, 3.8) is 0 Å². The number of aryl methyl sites for hydroxylation is 1. The Hall–Kier alpha value is -0.870. The molecule has 0 saturated heterocycles. The molecule has 0 amide bonds. The molecule has 0 atom stereocenters. The number of hydrogen-bond acceptors (Lipinski definition) is 1. The quantitative estimate of drug-likeness (QED) is 0.773. The summed E-state index contributed by atoms with van der Waals surface area (Å²) in [4.78, 5) is 0. The van der Waals surface area contributed by atoms with E-state index < -0.39 is 0 Å². The van der Waals surface area contributed by atoms with E-state index in [4.69, 9.17) is 0 Å². The zero-order valence-corrected chi connectivity index (χ0v) is 13.0. The second kappa shape index (κ2) is 5.85. The van der Waals surface area contributed by atoms with Crippen LogP contribution in [0.4, 0.5) is 10.1 Å². The van der Waals surface area contributed by atoms with Crippen molar-refractivity contribution in [1.82, 2.24) is 0 Å². The molecule has 0 aliphatic carbocycles. The minimum atomic E-state index is -0.183. The molecule has 0 aromatic heterocycles. The zero-order valence-electron chi connectivity index (χ0n) is 9.81. The van der Waals surface area contributed by atoms with E-state index in [1.165, 1.54) is 6.07 Å². The largest absolute Gasteiger partial charge is 0.381 e. The fraction of sp³-hybridized carbons (Fsp3) is 0.143. The van der Waals surface area contributed by atoms with Crippen molar-refractivity contribution in [1.29, 1.82) is 0 Å². The van der Waals surface area contributed by atoms with Gasteiger partial charge in [0.1, 0.15) is 5.82 Å². The van der Waals surface area contributed by atoms with Gasteiger partial charge in [-0.15, -0.1) is 0 Å². The van der Waals surface area contributed by atoms with Crippen molar-refractivity contribution >= 4 is 37.5 Å². The Bertz CT molecular complexity index is 518. The summed E-state index contributed by atoms with van der Waals surface area (Å²) in [6.07, 6.45) is 0. The van der Waals surface area contributed by atoms with Crippen LogP contribution in [0.1, 0.15) is 11.1 Å². The molecule has 18 heavy (non-hydrogen) atoms. The fourth-order valence-electron chi connectivity index (χ4n) is 1.56. The number of halogens is 3. The van der Waals surface area contributed by atoms with Crippen LogP contribution >= 0.6 is 31.9 Å². The standard InChI is InChI=1S/C14H12Br2FN/c1-9-2-4-11(7-14(9)17)18-8-10-3-5-12(15)13(16)6-10/h2-7,18H,8H2,1H3. The van der Waals surface area contributed by atoms with Crippen LogP contribution in [-0.4, -0.2) is 0 Å². The predicted molar refractivity (Wildman–Crippen MR) is 80.3 cm³/mol. The molecule has 0 fully saturated rings. The van der Waals surface area contributed by atoms with Gasteiger partial charge in [0.15, 0.2) is 0 Å². The number of anilines is 1. The average Bonchev–Trinajstić information content (AvgIpc) is 2.35. The smallest absolute Gasteiger partial charge is 0.128 e. The van der Waals surface area contributed by atoms with Gasteiger partial charge in [-0.2, -0.15) is 0 Å². The number of rotatable bonds is 3. The zero-order chi connectivity index (χ0) is 13.1. The highest BCUT2D eigenvalue weighted by Crippen LogP contribution is 2.24. The van der Waals surface area contributed by atoms with Crippen LogP contribution in [0.15, 0.2) is 45.3 Å². The van der Waals surface area contributed by atoms with Crippen LogP contribution in [0.2, 0.25) is 0 Å². The molecule has 0 bridgehead atoms. The minimum Gasteiger partial charge on any atom is -0.381 e. The SMILES string of the molecule is Cc1ccc(NCc2ccc(Br)c(Br)c2)cc1F. The van der Waals surface area contributed by atoms with Crippen molar-refractivity contribution in [3.05, 3.63) is 62.3 Å². The lowest BCUT2D eigenvalue weighted by atomic mass is 10.2. The summed E-state index contributed by atoms with van der Waals surface area (Å²) in [7, 11) is 0. The molecule has 0 saturated carbocycles. The molecule has 2 rings (SSSR count). The maximum Gasteiger partial charge on any atom is 0.128 e. The van der Waals surface area contributed by atoms with E-state index in [-0.39, 0.29) is 5.82 Å². The van der Waals surface area contributed by atoms with Crippen molar-refractivity contribution < 1.29 is 4.39 Å². The number of nitrogens with one attached hydrogen (secondary N) is 1. The van der Waals surface area contributed by atoms with Gasteiger partial charge in [-0.25, -0.2) is 4.39 Å². The third-order valence-electron chi connectivity index (χ3n) is 2.65. The Labute approximate surface area is 123 Å². The minimum absolute atomic E-state index is 0.183. The molecule has 0 heterocycles. The first-order valence-corrected chi connectivity index (χ1v) is 7.09. The van der Waals surface area contributed by atoms with Crippen LogP contribution in [0, 0.1) is 12.7 Å². The first-order chi connectivity index (χ1) is 8.56. The molecule has 2 aromatic carbocycles. The van der Waals surface area contributed by atoms with Gasteiger partial charge in [-0.3, -0.25) is 0 Å². The van der Waals surface area contributed by atoms with Gasteiger partial charge >= 0.3 is 0 Å². The molecule has 0 spiro atoms. The Kier molecular flexibility index (Phi) is 4.40. The van der Waals surface area contributed by atoms with E-state index in [2.05, 4.69) is 37.2 Å². The molecule has 2 aromatic rings. The molecular weight excluding hydrogens is 361 g/mol. The van der Waals surface area contributed by atoms with Crippen molar-refractivity contribution in [3.8, 4) is 0 Å². The Balaban J connectivity index is 2.06. The Morgan fingerprint density at radius 2 is 1.83 bits per heavy atom. The second-order valence-electron chi connectivity index (χ2n) is 4.07. The van der Waals surface area contributed by atoms with E-state index in [0.29, 0.717) is 12.1 Å². The summed E-state index contributed by atoms with van der Waals surface area (Å²) in [5, 5.41) is 3.20. The third-order valence-corrected chi connectivity index (χ3v) is 4.53. The van der Waals surface area contributed by atoms with Gasteiger partial charge in [0.2, 0.25) is 0 Å². The van der Waals surface area contributed by atoms with Crippen molar-refractivity contribution in [2.45, 2.75) is 13.5 Å². The lowest BCUT2D eigenvalue weighted by molar-refractivity contribution is 0.619. The molecule has 0 unspecified atom stereocenters. The molecule has 4 heteroatoms. The van der Waals surface area contributed by atoms with Gasteiger partial charge in [0, 0.05) is 21.2 Å². The molecule has 1 nitrogen and oxygen atoms in total.